The Morgan fingerprint density at radius 1 is 1.55 bits per heavy atom. The summed E-state index contributed by atoms with van der Waals surface area (Å²) in [5.41, 5.74) is 1.16. The van der Waals surface area contributed by atoms with Crippen LogP contribution in [0.2, 0.25) is 0 Å². The van der Waals surface area contributed by atoms with Crippen LogP contribution in [0.25, 0.3) is 0 Å². The lowest BCUT2D eigenvalue weighted by Gasteiger charge is -2.03. The van der Waals surface area contributed by atoms with Gasteiger partial charge in [0.2, 0.25) is 0 Å². The minimum absolute atomic E-state index is 1.03. The van der Waals surface area contributed by atoms with Crippen LogP contribution in [0, 0.1) is 0 Å². The predicted octanol–water partition coefficient (Wildman–Crippen LogP) is 2.63. The third-order valence-electron chi connectivity index (χ3n) is 1.30. The number of hydrogen-bond donors (Lipinski definition) is 1. The maximum absolute atomic E-state index is 3.61. The molecular formula is C10H17N. The molecular weight excluding hydrogens is 134 g/mol. The van der Waals surface area contributed by atoms with E-state index in [-0.39, 0.29) is 0 Å². The highest BCUT2D eigenvalue weighted by molar-refractivity contribution is 5.18. The second-order valence-corrected chi connectivity index (χ2v) is 2.27. The molecule has 0 radical (unpaired) electrons. The standard InChI is InChI=1S/C10H17N/c1-4-7-8-10(6-3)11-9-5-2/h4,6-8,11H,1,5,9H2,2-3H3/b8-7-,10-6+. The third-order valence-corrected chi connectivity index (χ3v) is 1.30. The van der Waals surface area contributed by atoms with Gasteiger partial charge in [-0.05, 0) is 19.4 Å². The maximum atomic E-state index is 3.61. The van der Waals surface area contributed by atoms with Gasteiger partial charge in [0.15, 0.2) is 0 Å². The predicted molar refractivity (Wildman–Crippen MR) is 51.4 cm³/mol. The summed E-state index contributed by atoms with van der Waals surface area (Å²) in [6.07, 6.45) is 8.92. The summed E-state index contributed by atoms with van der Waals surface area (Å²) in [5.74, 6) is 0. The molecule has 62 valence electrons. The molecule has 0 aromatic heterocycles. The van der Waals surface area contributed by atoms with E-state index in [1.54, 1.807) is 6.08 Å². The van der Waals surface area contributed by atoms with Gasteiger partial charge in [0.25, 0.3) is 0 Å². The molecule has 0 fully saturated rings. The van der Waals surface area contributed by atoms with Gasteiger partial charge in [0, 0.05) is 12.2 Å². The Hall–Kier alpha value is -0.980. The topological polar surface area (TPSA) is 12.0 Å². The molecule has 1 N–H and O–H groups in total. The first-order chi connectivity index (χ1) is 5.35. The summed E-state index contributed by atoms with van der Waals surface area (Å²) >= 11 is 0. The van der Waals surface area contributed by atoms with E-state index >= 15 is 0 Å². The van der Waals surface area contributed by atoms with Gasteiger partial charge in [-0.2, -0.15) is 0 Å². The van der Waals surface area contributed by atoms with E-state index in [4.69, 9.17) is 0 Å². The second kappa shape index (κ2) is 7.13. The van der Waals surface area contributed by atoms with E-state index in [9.17, 15) is 0 Å². The van der Waals surface area contributed by atoms with Crippen LogP contribution in [0.15, 0.2) is 36.6 Å². The lowest BCUT2D eigenvalue weighted by atomic mass is 10.3. The second-order valence-electron chi connectivity index (χ2n) is 2.27. The van der Waals surface area contributed by atoms with Gasteiger partial charge in [-0.15, -0.1) is 0 Å². The summed E-state index contributed by atoms with van der Waals surface area (Å²) in [5, 5.41) is 3.28. The Labute approximate surface area is 69.5 Å². The van der Waals surface area contributed by atoms with E-state index in [2.05, 4.69) is 24.9 Å². The lowest BCUT2D eigenvalue weighted by molar-refractivity contribution is 0.783. The molecule has 0 heterocycles. The van der Waals surface area contributed by atoms with E-state index in [0.29, 0.717) is 0 Å². The summed E-state index contributed by atoms with van der Waals surface area (Å²) in [6, 6.07) is 0. The molecule has 11 heavy (non-hydrogen) atoms. The fourth-order valence-electron chi connectivity index (χ4n) is 0.698. The Morgan fingerprint density at radius 2 is 2.27 bits per heavy atom. The normalized spacial score (nSPS) is 12.0. The van der Waals surface area contributed by atoms with E-state index in [1.807, 2.05) is 19.1 Å². The lowest BCUT2D eigenvalue weighted by Crippen LogP contribution is -2.11. The van der Waals surface area contributed by atoms with Crippen LogP contribution in [-0.4, -0.2) is 6.54 Å². The van der Waals surface area contributed by atoms with Crippen molar-refractivity contribution in [3.05, 3.63) is 36.6 Å². The summed E-state index contributed by atoms with van der Waals surface area (Å²) in [7, 11) is 0. The molecule has 0 saturated carbocycles. The van der Waals surface area contributed by atoms with Crippen LogP contribution in [0.5, 0.6) is 0 Å². The smallest absolute Gasteiger partial charge is 0.0296 e. The first-order valence-electron chi connectivity index (χ1n) is 4.04. The molecule has 0 spiro atoms. The monoisotopic (exact) mass is 151 g/mol. The molecule has 0 aromatic rings. The molecule has 0 aliphatic rings. The molecule has 0 bridgehead atoms. The van der Waals surface area contributed by atoms with Crippen molar-refractivity contribution in [2.45, 2.75) is 20.3 Å². The molecule has 0 saturated heterocycles. The maximum Gasteiger partial charge on any atom is 0.0296 e. The number of rotatable bonds is 5. The van der Waals surface area contributed by atoms with Gasteiger partial charge >= 0.3 is 0 Å². The van der Waals surface area contributed by atoms with Crippen molar-refractivity contribution in [2.75, 3.05) is 6.54 Å². The molecule has 1 heteroatoms. The Balaban J connectivity index is 3.77. The van der Waals surface area contributed by atoms with Crippen molar-refractivity contribution in [3.8, 4) is 0 Å². The van der Waals surface area contributed by atoms with Crippen molar-refractivity contribution < 1.29 is 0 Å². The molecule has 0 atom stereocenters. The van der Waals surface area contributed by atoms with Crippen molar-refractivity contribution in [2.24, 2.45) is 0 Å². The SMILES string of the molecule is C=C/C=C\C(=C/C)NCCC. The summed E-state index contributed by atoms with van der Waals surface area (Å²) in [6.45, 7) is 8.80. The number of allylic oxidation sites excluding steroid dienone is 4. The highest BCUT2D eigenvalue weighted by atomic mass is 14.9. The minimum atomic E-state index is 1.03. The fraction of sp³-hybridized carbons (Fsp3) is 0.400. The van der Waals surface area contributed by atoms with Crippen LogP contribution in [0.1, 0.15) is 20.3 Å². The van der Waals surface area contributed by atoms with Crippen molar-refractivity contribution in [1.82, 2.24) is 5.32 Å². The van der Waals surface area contributed by atoms with E-state index < -0.39 is 0 Å². The van der Waals surface area contributed by atoms with Gasteiger partial charge in [-0.3, -0.25) is 0 Å². The van der Waals surface area contributed by atoms with Gasteiger partial charge in [0.05, 0.1) is 0 Å². The molecule has 0 aliphatic carbocycles. The molecule has 0 unspecified atom stereocenters. The quantitative estimate of drug-likeness (QED) is 0.596. The highest BCUT2D eigenvalue weighted by Gasteiger charge is 1.84. The van der Waals surface area contributed by atoms with Crippen molar-refractivity contribution >= 4 is 0 Å². The largest absolute Gasteiger partial charge is 0.385 e. The van der Waals surface area contributed by atoms with E-state index in [1.165, 1.54) is 0 Å². The van der Waals surface area contributed by atoms with Crippen LogP contribution in [0.3, 0.4) is 0 Å². The Morgan fingerprint density at radius 3 is 2.73 bits per heavy atom. The third kappa shape index (κ3) is 5.46. The molecule has 0 aliphatic heterocycles. The number of hydrogen-bond acceptors (Lipinski definition) is 1. The van der Waals surface area contributed by atoms with Gasteiger partial charge in [-0.1, -0.05) is 31.7 Å². The zero-order valence-electron chi connectivity index (χ0n) is 7.43. The van der Waals surface area contributed by atoms with Crippen molar-refractivity contribution in [3.63, 3.8) is 0 Å². The molecule has 0 amide bonds. The van der Waals surface area contributed by atoms with Crippen LogP contribution in [0.4, 0.5) is 0 Å². The van der Waals surface area contributed by atoms with Crippen LogP contribution >= 0.6 is 0 Å². The summed E-state index contributed by atoms with van der Waals surface area (Å²) < 4.78 is 0. The molecule has 0 rings (SSSR count). The summed E-state index contributed by atoms with van der Waals surface area (Å²) in [4.78, 5) is 0. The highest BCUT2D eigenvalue weighted by Crippen LogP contribution is 1.91. The average molecular weight is 151 g/mol. The van der Waals surface area contributed by atoms with Crippen molar-refractivity contribution in [1.29, 1.82) is 0 Å². The van der Waals surface area contributed by atoms with Crippen LogP contribution in [-0.2, 0) is 0 Å². The Kier molecular flexibility index (Phi) is 6.50. The van der Waals surface area contributed by atoms with Crippen LogP contribution < -0.4 is 5.32 Å². The zero-order chi connectivity index (χ0) is 8.53. The molecule has 1 nitrogen and oxygen atoms in total. The zero-order valence-corrected chi connectivity index (χ0v) is 7.43. The van der Waals surface area contributed by atoms with Gasteiger partial charge < -0.3 is 5.32 Å². The first kappa shape index (κ1) is 10.0. The average Bonchev–Trinajstić information content (AvgIpc) is 2.05. The molecule has 0 aromatic carbocycles. The van der Waals surface area contributed by atoms with E-state index in [0.717, 1.165) is 18.7 Å². The Bertz CT molecular complexity index is 154. The first-order valence-corrected chi connectivity index (χ1v) is 4.04. The van der Waals surface area contributed by atoms with Gasteiger partial charge in [-0.25, -0.2) is 0 Å². The van der Waals surface area contributed by atoms with Gasteiger partial charge in [0.1, 0.15) is 0 Å². The fourth-order valence-corrected chi connectivity index (χ4v) is 0.698. The minimum Gasteiger partial charge on any atom is -0.385 e. The number of nitrogens with one attached hydrogen (secondary N) is 1.